The van der Waals surface area contributed by atoms with Gasteiger partial charge in [-0.2, -0.15) is 8.78 Å². The zero-order valence-electron chi connectivity index (χ0n) is 16.2. The molecule has 32 heavy (non-hydrogen) atoms. The minimum absolute atomic E-state index is 0.101. The summed E-state index contributed by atoms with van der Waals surface area (Å²) in [5.74, 6) is 0.137. The Morgan fingerprint density at radius 2 is 1.91 bits per heavy atom. The summed E-state index contributed by atoms with van der Waals surface area (Å²) in [7, 11) is -1.60. The van der Waals surface area contributed by atoms with Gasteiger partial charge in [0.15, 0.2) is 5.82 Å². The third-order valence-electron chi connectivity index (χ3n) is 4.58. The lowest BCUT2D eigenvalue weighted by Crippen LogP contribution is -2.11. The number of nitrogens with zero attached hydrogens (tertiary/aromatic N) is 2. The summed E-state index contributed by atoms with van der Waals surface area (Å²) in [5.41, 5.74) is 3.79. The average molecular weight is 538 g/mol. The number of halogens is 3. The zero-order chi connectivity index (χ0) is 22.9. The molecule has 2 aromatic carbocycles. The molecular weight excluding hydrogens is 523 g/mol. The molecule has 11 heteroatoms. The van der Waals surface area contributed by atoms with Crippen molar-refractivity contribution in [3.05, 3.63) is 75.3 Å². The van der Waals surface area contributed by atoms with Gasteiger partial charge in [-0.1, -0.05) is 24.3 Å². The van der Waals surface area contributed by atoms with E-state index in [1.807, 2.05) is 24.3 Å². The largest absolute Gasteiger partial charge is 0.487 e. The molecule has 0 bridgehead atoms. The van der Waals surface area contributed by atoms with Gasteiger partial charge in [-0.05, 0) is 39.7 Å². The number of nitrogens with two attached hydrogens (primary N) is 1. The van der Waals surface area contributed by atoms with Crippen LogP contribution in [0.2, 0.25) is 0 Å². The number of carbonyl (C=O) groups excluding carboxylic acids is 1. The number of amides is 1. The molecule has 0 aliphatic rings. The molecule has 0 saturated heterocycles. The Kier molecular flexibility index (Phi) is 6.48. The van der Waals surface area contributed by atoms with E-state index in [4.69, 9.17) is 15.4 Å². The van der Waals surface area contributed by atoms with E-state index in [1.54, 1.807) is 18.5 Å². The number of primary amides is 1. The number of benzene rings is 2. The first-order valence-corrected chi connectivity index (χ1v) is 11.7. The summed E-state index contributed by atoms with van der Waals surface area (Å²) >= 11 is 3.97. The molecule has 3 N–H and O–H groups in total. The highest BCUT2D eigenvalue weighted by molar-refractivity contribution is 9.10. The fourth-order valence-electron chi connectivity index (χ4n) is 3.00. The molecule has 164 valence electrons. The molecule has 2 heterocycles. The number of hydrogen-bond donors (Lipinski definition) is 2. The minimum Gasteiger partial charge on any atom is -0.487 e. The van der Waals surface area contributed by atoms with Gasteiger partial charge in [-0.3, -0.25) is 4.79 Å². The SMILES string of the molecule is NC(=O)c1cc(OCc2ccc(-c3ncccn3)cc2)c2sc(C(F)(F)PO)c(Br)c2c1. The lowest BCUT2D eigenvalue weighted by atomic mass is 10.1. The molecular formula is C21H15BrF2N3O3PS. The Balaban J connectivity index is 1.66. The van der Waals surface area contributed by atoms with Gasteiger partial charge in [-0.15, -0.1) is 11.3 Å². The van der Waals surface area contributed by atoms with Crippen LogP contribution in [0.3, 0.4) is 0 Å². The van der Waals surface area contributed by atoms with Crippen LogP contribution >= 0.6 is 36.1 Å². The summed E-state index contributed by atoms with van der Waals surface area (Å²) in [5, 5.41) is 0.366. The number of rotatable bonds is 7. The number of ether oxygens (including phenoxy) is 1. The van der Waals surface area contributed by atoms with Gasteiger partial charge in [0.1, 0.15) is 12.4 Å². The monoisotopic (exact) mass is 537 g/mol. The van der Waals surface area contributed by atoms with Gasteiger partial charge in [-0.25, -0.2) is 9.97 Å². The second kappa shape index (κ2) is 9.15. The Hall–Kier alpha value is -2.52. The second-order valence-electron chi connectivity index (χ2n) is 6.70. The summed E-state index contributed by atoms with van der Waals surface area (Å²) in [6.45, 7) is 0.135. The molecule has 0 saturated carbocycles. The Labute approximate surface area is 195 Å². The topological polar surface area (TPSA) is 98.3 Å². The number of carbonyl (C=O) groups is 1. The van der Waals surface area contributed by atoms with Crippen molar-refractivity contribution >= 4 is 52.1 Å². The lowest BCUT2D eigenvalue weighted by molar-refractivity contribution is 0.0954. The quantitative estimate of drug-likeness (QED) is 0.306. The van der Waals surface area contributed by atoms with Crippen LogP contribution in [0.1, 0.15) is 20.8 Å². The van der Waals surface area contributed by atoms with Crippen molar-refractivity contribution in [3.8, 4) is 17.1 Å². The minimum atomic E-state index is -3.41. The van der Waals surface area contributed by atoms with Crippen LogP contribution in [0.15, 0.2) is 59.3 Å². The van der Waals surface area contributed by atoms with Crippen LogP contribution in [0.5, 0.6) is 5.75 Å². The number of aromatic nitrogens is 2. The molecule has 0 aliphatic carbocycles. The van der Waals surface area contributed by atoms with Gasteiger partial charge in [0.05, 0.1) is 18.4 Å². The maximum absolute atomic E-state index is 14.2. The molecule has 0 fully saturated rings. The van der Waals surface area contributed by atoms with E-state index in [0.29, 0.717) is 15.9 Å². The van der Waals surface area contributed by atoms with E-state index >= 15 is 0 Å². The lowest BCUT2D eigenvalue weighted by Gasteiger charge is -2.10. The molecule has 1 amide bonds. The molecule has 4 rings (SSSR count). The van der Waals surface area contributed by atoms with Gasteiger partial charge >= 0.3 is 5.66 Å². The predicted molar refractivity (Wildman–Crippen MR) is 124 cm³/mol. The third-order valence-corrected chi connectivity index (χ3v) is 7.67. The van der Waals surface area contributed by atoms with Crippen molar-refractivity contribution < 1.29 is 23.2 Å². The summed E-state index contributed by atoms with van der Waals surface area (Å²) < 4.78 is 34.8. The molecule has 0 spiro atoms. The van der Waals surface area contributed by atoms with E-state index in [0.717, 1.165) is 22.5 Å². The fourth-order valence-corrected chi connectivity index (χ4v) is 5.66. The summed E-state index contributed by atoms with van der Waals surface area (Å²) in [6.07, 6.45) is 3.31. The maximum Gasteiger partial charge on any atom is 0.320 e. The number of thiophene rings is 1. The first-order valence-electron chi connectivity index (χ1n) is 9.14. The Morgan fingerprint density at radius 3 is 2.53 bits per heavy atom. The van der Waals surface area contributed by atoms with Crippen molar-refractivity contribution in [1.82, 2.24) is 9.97 Å². The molecule has 1 unspecified atom stereocenters. The van der Waals surface area contributed by atoms with Crippen molar-refractivity contribution in [2.45, 2.75) is 12.3 Å². The molecule has 1 atom stereocenters. The zero-order valence-corrected chi connectivity index (χ0v) is 19.6. The average Bonchev–Trinajstić information content (AvgIpc) is 3.16. The maximum atomic E-state index is 14.2. The molecule has 0 aliphatic heterocycles. The summed E-state index contributed by atoms with van der Waals surface area (Å²) in [6, 6.07) is 12.0. The summed E-state index contributed by atoms with van der Waals surface area (Å²) in [4.78, 5) is 28.9. The fraction of sp³-hybridized carbons (Fsp3) is 0.0952. The highest BCUT2D eigenvalue weighted by atomic mass is 79.9. The highest BCUT2D eigenvalue weighted by Crippen LogP contribution is 2.53. The number of hydrogen-bond acceptors (Lipinski definition) is 6. The van der Waals surface area contributed by atoms with Crippen molar-refractivity contribution in [2.24, 2.45) is 5.73 Å². The first kappa shape index (κ1) is 22.7. The molecule has 0 radical (unpaired) electrons. The first-order chi connectivity index (χ1) is 15.3. The molecule has 6 nitrogen and oxygen atoms in total. The van der Waals surface area contributed by atoms with Gasteiger partial charge in [0, 0.05) is 33.4 Å². The Morgan fingerprint density at radius 1 is 1.22 bits per heavy atom. The molecule has 4 aromatic rings. The van der Waals surface area contributed by atoms with Crippen LogP contribution < -0.4 is 10.5 Å². The van der Waals surface area contributed by atoms with Gasteiger partial charge in [0.2, 0.25) is 5.91 Å². The van der Waals surface area contributed by atoms with Gasteiger partial charge in [0.25, 0.3) is 0 Å². The van der Waals surface area contributed by atoms with Crippen molar-refractivity contribution in [3.63, 3.8) is 0 Å². The van der Waals surface area contributed by atoms with Crippen LogP contribution in [0.4, 0.5) is 8.78 Å². The van der Waals surface area contributed by atoms with Crippen molar-refractivity contribution in [1.29, 1.82) is 0 Å². The predicted octanol–water partition coefficient (Wildman–Crippen LogP) is 5.43. The van der Waals surface area contributed by atoms with E-state index < -0.39 is 20.4 Å². The Bertz CT molecular complexity index is 1290. The number of alkyl halides is 2. The third kappa shape index (κ3) is 4.49. The van der Waals surface area contributed by atoms with E-state index in [2.05, 4.69) is 25.9 Å². The van der Waals surface area contributed by atoms with E-state index in [-0.39, 0.29) is 27.3 Å². The van der Waals surface area contributed by atoms with Crippen LogP contribution in [-0.2, 0) is 12.3 Å². The van der Waals surface area contributed by atoms with Crippen LogP contribution in [-0.4, -0.2) is 20.8 Å². The van der Waals surface area contributed by atoms with Crippen LogP contribution in [0, 0.1) is 0 Å². The highest BCUT2D eigenvalue weighted by Gasteiger charge is 2.37. The standard InChI is InChI=1S/C21H15BrF2N3O3PS/c22-16-14-8-13(19(25)28)9-15(17(14)32-18(16)21(23,24)31-29)30-10-11-2-4-12(5-3-11)20-26-6-1-7-27-20/h1-9,29,31H,10H2,(H2,25,28). The normalized spacial score (nSPS) is 12.0. The van der Waals surface area contributed by atoms with E-state index in [9.17, 15) is 13.6 Å². The van der Waals surface area contributed by atoms with E-state index in [1.165, 1.54) is 12.1 Å². The van der Waals surface area contributed by atoms with Crippen LogP contribution in [0.25, 0.3) is 21.5 Å². The number of fused-ring (bicyclic) bond motifs is 1. The van der Waals surface area contributed by atoms with Gasteiger partial charge < -0.3 is 15.4 Å². The molecule has 2 aromatic heterocycles. The smallest absolute Gasteiger partial charge is 0.320 e. The van der Waals surface area contributed by atoms with Crippen molar-refractivity contribution in [2.75, 3.05) is 0 Å². The second-order valence-corrected chi connectivity index (χ2v) is 9.37.